The van der Waals surface area contributed by atoms with Crippen LogP contribution in [0.3, 0.4) is 0 Å². The molecular weight excluding hydrogens is 264 g/mol. The third-order valence-electron chi connectivity index (χ3n) is 3.30. The first-order valence-corrected chi connectivity index (χ1v) is 6.87. The Labute approximate surface area is 118 Å². The summed E-state index contributed by atoms with van der Waals surface area (Å²) < 4.78 is 5.38. The Morgan fingerprint density at radius 3 is 2.74 bits per heavy atom. The predicted molar refractivity (Wildman–Crippen MR) is 75.3 cm³/mol. The highest BCUT2D eigenvalue weighted by atomic mass is 35.5. The average molecular weight is 283 g/mol. The minimum Gasteiger partial charge on any atom is -0.379 e. The number of carbonyl (C=O) groups excluding carboxylic acids is 1. The minimum atomic E-state index is -0.0229. The maximum atomic E-state index is 11.2. The van der Waals surface area contributed by atoms with Crippen molar-refractivity contribution in [3.63, 3.8) is 0 Å². The van der Waals surface area contributed by atoms with Gasteiger partial charge in [0.15, 0.2) is 0 Å². The van der Waals surface area contributed by atoms with Crippen LogP contribution in [0.5, 0.6) is 0 Å². The molecule has 0 saturated carbocycles. The number of hydrogen-bond acceptors (Lipinski definition) is 3. The molecule has 4 nitrogen and oxygen atoms in total. The zero-order chi connectivity index (χ0) is 13.7. The van der Waals surface area contributed by atoms with Gasteiger partial charge in [0, 0.05) is 31.6 Å². The number of morpholine rings is 1. The SMILES string of the molecule is CC(=O)NC[C@@H](c1ccccc1Cl)N1CCOCC1. The van der Waals surface area contributed by atoms with Crippen molar-refractivity contribution < 1.29 is 9.53 Å². The summed E-state index contributed by atoms with van der Waals surface area (Å²) in [5.41, 5.74) is 1.06. The van der Waals surface area contributed by atoms with Gasteiger partial charge in [-0.1, -0.05) is 29.8 Å². The van der Waals surface area contributed by atoms with Crippen LogP contribution in [0.15, 0.2) is 24.3 Å². The lowest BCUT2D eigenvalue weighted by atomic mass is 10.0. The number of carbonyl (C=O) groups is 1. The molecule has 1 atom stereocenters. The largest absolute Gasteiger partial charge is 0.379 e. The maximum absolute atomic E-state index is 11.2. The molecule has 0 radical (unpaired) electrons. The summed E-state index contributed by atoms with van der Waals surface area (Å²) in [6, 6.07) is 7.90. The number of rotatable bonds is 4. The van der Waals surface area contributed by atoms with Gasteiger partial charge in [-0.05, 0) is 11.6 Å². The number of benzene rings is 1. The van der Waals surface area contributed by atoms with Crippen molar-refractivity contribution in [1.29, 1.82) is 0 Å². The molecule has 0 aromatic heterocycles. The number of amides is 1. The predicted octanol–water partition coefficient (Wildman–Crippen LogP) is 1.85. The Kier molecular flexibility index (Phi) is 5.19. The maximum Gasteiger partial charge on any atom is 0.216 e. The van der Waals surface area contributed by atoms with Crippen LogP contribution in [0.1, 0.15) is 18.5 Å². The average Bonchev–Trinajstić information content (AvgIpc) is 2.42. The molecule has 1 N–H and O–H groups in total. The highest BCUT2D eigenvalue weighted by Crippen LogP contribution is 2.27. The number of ether oxygens (including phenoxy) is 1. The Bertz CT molecular complexity index is 433. The van der Waals surface area contributed by atoms with E-state index < -0.39 is 0 Å². The minimum absolute atomic E-state index is 0.0229. The van der Waals surface area contributed by atoms with Gasteiger partial charge in [-0.2, -0.15) is 0 Å². The molecule has 104 valence electrons. The third-order valence-corrected chi connectivity index (χ3v) is 3.64. The van der Waals surface area contributed by atoms with Crippen LogP contribution in [-0.2, 0) is 9.53 Å². The monoisotopic (exact) mass is 282 g/mol. The topological polar surface area (TPSA) is 41.6 Å². The molecule has 1 fully saturated rings. The zero-order valence-corrected chi connectivity index (χ0v) is 11.8. The molecule has 1 aliphatic rings. The molecule has 0 unspecified atom stereocenters. The van der Waals surface area contributed by atoms with Gasteiger partial charge in [-0.25, -0.2) is 0 Å². The van der Waals surface area contributed by atoms with Crippen LogP contribution in [0.25, 0.3) is 0 Å². The first-order chi connectivity index (χ1) is 9.18. The van der Waals surface area contributed by atoms with Crippen molar-refractivity contribution in [2.45, 2.75) is 13.0 Å². The second-order valence-electron chi connectivity index (χ2n) is 4.62. The highest BCUT2D eigenvalue weighted by Gasteiger charge is 2.24. The van der Waals surface area contributed by atoms with E-state index >= 15 is 0 Å². The number of halogens is 1. The fraction of sp³-hybridized carbons (Fsp3) is 0.500. The molecule has 5 heteroatoms. The second kappa shape index (κ2) is 6.89. The first-order valence-electron chi connectivity index (χ1n) is 6.49. The van der Waals surface area contributed by atoms with E-state index in [1.165, 1.54) is 6.92 Å². The van der Waals surface area contributed by atoms with Crippen LogP contribution < -0.4 is 5.32 Å². The molecule has 2 rings (SSSR count). The molecule has 19 heavy (non-hydrogen) atoms. The normalized spacial score (nSPS) is 18.0. The Hall–Kier alpha value is -1.10. The van der Waals surface area contributed by atoms with E-state index in [1.807, 2.05) is 24.3 Å². The molecule has 1 aromatic rings. The van der Waals surface area contributed by atoms with Crippen molar-refractivity contribution in [1.82, 2.24) is 10.2 Å². The molecule has 0 bridgehead atoms. The van der Waals surface area contributed by atoms with Gasteiger partial charge in [-0.3, -0.25) is 9.69 Å². The van der Waals surface area contributed by atoms with E-state index in [2.05, 4.69) is 10.2 Å². The van der Waals surface area contributed by atoms with Gasteiger partial charge in [0.1, 0.15) is 0 Å². The molecule has 1 heterocycles. The molecule has 0 aliphatic carbocycles. The van der Waals surface area contributed by atoms with Crippen molar-refractivity contribution in [2.75, 3.05) is 32.8 Å². The molecule has 1 saturated heterocycles. The van der Waals surface area contributed by atoms with E-state index in [0.717, 1.165) is 36.9 Å². The van der Waals surface area contributed by atoms with Crippen LogP contribution in [0, 0.1) is 0 Å². The fourth-order valence-corrected chi connectivity index (χ4v) is 2.57. The smallest absolute Gasteiger partial charge is 0.216 e. The number of nitrogens with one attached hydrogen (secondary N) is 1. The van der Waals surface area contributed by atoms with E-state index in [4.69, 9.17) is 16.3 Å². The third kappa shape index (κ3) is 3.93. The van der Waals surface area contributed by atoms with E-state index in [9.17, 15) is 4.79 Å². The van der Waals surface area contributed by atoms with Crippen molar-refractivity contribution >= 4 is 17.5 Å². The number of nitrogens with zero attached hydrogens (tertiary/aromatic N) is 1. The summed E-state index contributed by atoms with van der Waals surface area (Å²) in [7, 11) is 0. The summed E-state index contributed by atoms with van der Waals surface area (Å²) in [5.74, 6) is -0.0229. The van der Waals surface area contributed by atoms with Crippen molar-refractivity contribution in [3.8, 4) is 0 Å². The zero-order valence-electron chi connectivity index (χ0n) is 11.1. The fourth-order valence-electron chi connectivity index (χ4n) is 2.31. The summed E-state index contributed by atoms with van der Waals surface area (Å²) in [5, 5.41) is 3.63. The molecule has 0 spiro atoms. The Morgan fingerprint density at radius 2 is 2.11 bits per heavy atom. The lowest BCUT2D eigenvalue weighted by molar-refractivity contribution is -0.119. The van der Waals surface area contributed by atoms with Gasteiger partial charge in [0.2, 0.25) is 5.91 Å². The van der Waals surface area contributed by atoms with Crippen LogP contribution >= 0.6 is 11.6 Å². The van der Waals surface area contributed by atoms with Crippen LogP contribution in [0.4, 0.5) is 0 Å². The van der Waals surface area contributed by atoms with E-state index in [1.54, 1.807) is 0 Å². The standard InChI is InChI=1S/C14H19ClN2O2/c1-11(18)16-10-14(17-6-8-19-9-7-17)12-4-2-3-5-13(12)15/h2-5,14H,6-10H2,1H3,(H,16,18)/t14-/m0/s1. The first kappa shape index (κ1) is 14.3. The second-order valence-corrected chi connectivity index (χ2v) is 5.03. The Morgan fingerprint density at radius 1 is 1.42 bits per heavy atom. The summed E-state index contributed by atoms with van der Waals surface area (Å²) >= 11 is 6.28. The highest BCUT2D eigenvalue weighted by molar-refractivity contribution is 6.31. The Balaban J connectivity index is 2.17. The van der Waals surface area contributed by atoms with Gasteiger partial charge >= 0.3 is 0 Å². The lowest BCUT2D eigenvalue weighted by Crippen LogP contribution is -2.43. The quantitative estimate of drug-likeness (QED) is 0.916. The van der Waals surface area contributed by atoms with Gasteiger partial charge in [0.25, 0.3) is 0 Å². The van der Waals surface area contributed by atoms with Gasteiger partial charge in [0.05, 0.1) is 19.3 Å². The lowest BCUT2D eigenvalue weighted by Gasteiger charge is -2.35. The van der Waals surface area contributed by atoms with Crippen molar-refractivity contribution in [3.05, 3.63) is 34.9 Å². The van der Waals surface area contributed by atoms with Crippen molar-refractivity contribution in [2.24, 2.45) is 0 Å². The van der Waals surface area contributed by atoms with Crippen LogP contribution in [0.2, 0.25) is 5.02 Å². The van der Waals surface area contributed by atoms with E-state index in [0.29, 0.717) is 6.54 Å². The molecular formula is C14H19ClN2O2. The molecule has 1 aliphatic heterocycles. The van der Waals surface area contributed by atoms with Crippen LogP contribution in [-0.4, -0.2) is 43.7 Å². The summed E-state index contributed by atoms with van der Waals surface area (Å²) in [4.78, 5) is 13.5. The summed E-state index contributed by atoms with van der Waals surface area (Å²) in [6.45, 7) is 5.26. The van der Waals surface area contributed by atoms with Gasteiger partial charge in [-0.15, -0.1) is 0 Å². The number of hydrogen-bond donors (Lipinski definition) is 1. The molecule has 1 amide bonds. The summed E-state index contributed by atoms with van der Waals surface area (Å²) in [6.07, 6.45) is 0. The molecule has 1 aromatic carbocycles. The van der Waals surface area contributed by atoms with E-state index in [-0.39, 0.29) is 11.9 Å². The van der Waals surface area contributed by atoms with Gasteiger partial charge < -0.3 is 10.1 Å².